The zero-order valence-electron chi connectivity index (χ0n) is 7.13. The molecule has 2 rings (SSSR count). The van der Waals surface area contributed by atoms with Crippen LogP contribution in [0.5, 0.6) is 0 Å². The number of ketones is 1. The fourth-order valence-corrected chi connectivity index (χ4v) is 1.58. The predicted molar refractivity (Wildman–Crippen MR) is 45.2 cm³/mol. The summed E-state index contributed by atoms with van der Waals surface area (Å²) in [6.07, 6.45) is 5.31. The van der Waals surface area contributed by atoms with Crippen LogP contribution in [0.4, 0.5) is 0 Å². The molecule has 0 amide bonds. The van der Waals surface area contributed by atoms with Crippen molar-refractivity contribution in [3.63, 3.8) is 0 Å². The Bertz CT molecular complexity index is 299. The second-order valence-corrected chi connectivity index (χ2v) is 3.38. The Morgan fingerprint density at radius 2 is 2.42 bits per heavy atom. The maximum absolute atomic E-state index is 11.1. The first kappa shape index (κ1) is 7.53. The molecule has 1 fully saturated rings. The highest BCUT2D eigenvalue weighted by molar-refractivity contribution is 5.95. The van der Waals surface area contributed by atoms with E-state index in [0.717, 1.165) is 11.3 Å². The monoisotopic (exact) mass is 164 g/mol. The molecule has 0 aromatic carbocycles. The minimum Gasteiger partial charge on any atom is -0.294 e. The summed E-state index contributed by atoms with van der Waals surface area (Å²) in [7, 11) is 0. The summed E-state index contributed by atoms with van der Waals surface area (Å²) in [6, 6.07) is 0. The molecule has 3 nitrogen and oxygen atoms in total. The minimum absolute atomic E-state index is 0.116. The number of nitrogens with one attached hydrogen (secondary N) is 1. The molecule has 1 N–H and O–H groups in total. The number of aromatic amines is 1. The van der Waals surface area contributed by atoms with Gasteiger partial charge in [0, 0.05) is 11.6 Å². The first-order valence-corrected chi connectivity index (χ1v) is 4.33. The van der Waals surface area contributed by atoms with E-state index in [0.29, 0.717) is 5.92 Å². The lowest BCUT2D eigenvalue weighted by Crippen LogP contribution is -2.12. The van der Waals surface area contributed by atoms with Gasteiger partial charge in [-0.1, -0.05) is 6.42 Å². The second kappa shape index (κ2) is 2.73. The standard InChI is InChI=1S/C9H12N2O/c1-6(12)8-5-10-11-9(8)7-3-2-4-7/h5,7H,2-4H2,1H3,(H,10,11). The maximum Gasteiger partial charge on any atom is 0.163 e. The van der Waals surface area contributed by atoms with Crippen molar-refractivity contribution in [3.8, 4) is 0 Å². The average Bonchev–Trinajstić information content (AvgIpc) is 2.31. The maximum atomic E-state index is 11.1. The Labute approximate surface area is 71.2 Å². The summed E-state index contributed by atoms with van der Waals surface area (Å²) in [4.78, 5) is 11.1. The van der Waals surface area contributed by atoms with Gasteiger partial charge >= 0.3 is 0 Å². The van der Waals surface area contributed by atoms with Gasteiger partial charge in [-0.25, -0.2) is 0 Å². The molecule has 0 saturated heterocycles. The second-order valence-electron chi connectivity index (χ2n) is 3.38. The molecule has 1 aliphatic rings. The molecular weight excluding hydrogens is 152 g/mol. The molecule has 0 radical (unpaired) electrons. The van der Waals surface area contributed by atoms with Gasteiger partial charge in [-0.2, -0.15) is 5.10 Å². The molecule has 1 saturated carbocycles. The van der Waals surface area contributed by atoms with E-state index in [1.54, 1.807) is 13.1 Å². The third kappa shape index (κ3) is 1.05. The zero-order valence-corrected chi connectivity index (χ0v) is 7.13. The van der Waals surface area contributed by atoms with E-state index >= 15 is 0 Å². The van der Waals surface area contributed by atoms with Crippen molar-refractivity contribution in [2.75, 3.05) is 0 Å². The zero-order chi connectivity index (χ0) is 8.55. The predicted octanol–water partition coefficient (Wildman–Crippen LogP) is 1.88. The highest BCUT2D eigenvalue weighted by Gasteiger charge is 2.24. The van der Waals surface area contributed by atoms with Crippen LogP contribution in [0.15, 0.2) is 6.20 Å². The lowest BCUT2D eigenvalue weighted by molar-refractivity contribution is 0.101. The Balaban J connectivity index is 2.29. The number of rotatable bonds is 2. The van der Waals surface area contributed by atoms with E-state index in [1.165, 1.54) is 19.3 Å². The summed E-state index contributed by atoms with van der Waals surface area (Å²) in [6.45, 7) is 1.59. The van der Waals surface area contributed by atoms with Gasteiger partial charge < -0.3 is 0 Å². The number of H-pyrrole nitrogens is 1. The summed E-state index contributed by atoms with van der Waals surface area (Å²) >= 11 is 0. The van der Waals surface area contributed by atoms with Crippen LogP contribution in [0, 0.1) is 0 Å². The molecule has 0 aliphatic heterocycles. The Morgan fingerprint density at radius 1 is 1.67 bits per heavy atom. The quantitative estimate of drug-likeness (QED) is 0.678. The largest absolute Gasteiger partial charge is 0.294 e. The van der Waals surface area contributed by atoms with Crippen molar-refractivity contribution in [1.29, 1.82) is 0 Å². The van der Waals surface area contributed by atoms with Gasteiger partial charge in [-0.3, -0.25) is 9.89 Å². The number of carbonyl (C=O) groups is 1. The minimum atomic E-state index is 0.116. The third-order valence-corrected chi connectivity index (χ3v) is 2.56. The van der Waals surface area contributed by atoms with E-state index in [2.05, 4.69) is 10.2 Å². The van der Waals surface area contributed by atoms with E-state index in [1.807, 2.05) is 0 Å². The number of Topliss-reactive ketones (excluding diaryl/α,β-unsaturated/α-hetero) is 1. The van der Waals surface area contributed by atoms with Crippen LogP contribution in [0.3, 0.4) is 0 Å². The van der Waals surface area contributed by atoms with Crippen molar-refractivity contribution in [2.24, 2.45) is 0 Å². The molecule has 1 aliphatic carbocycles. The molecule has 0 bridgehead atoms. The third-order valence-electron chi connectivity index (χ3n) is 2.56. The molecule has 64 valence electrons. The van der Waals surface area contributed by atoms with E-state index in [9.17, 15) is 4.79 Å². The summed E-state index contributed by atoms with van der Waals surface area (Å²) in [5, 5.41) is 6.82. The molecule has 0 spiro atoms. The molecule has 1 aromatic rings. The number of carbonyl (C=O) groups excluding carboxylic acids is 1. The van der Waals surface area contributed by atoms with Gasteiger partial charge in [0.2, 0.25) is 0 Å². The van der Waals surface area contributed by atoms with Crippen molar-refractivity contribution in [1.82, 2.24) is 10.2 Å². The number of nitrogens with zero attached hydrogens (tertiary/aromatic N) is 1. The Kier molecular flexibility index (Phi) is 1.71. The molecule has 1 aromatic heterocycles. The van der Waals surface area contributed by atoms with E-state index in [4.69, 9.17) is 0 Å². The highest BCUT2D eigenvalue weighted by Crippen LogP contribution is 2.36. The highest BCUT2D eigenvalue weighted by atomic mass is 16.1. The van der Waals surface area contributed by atoms with Crippen LogP contribution < -0.4 is 0 Å². The van der Waals surface area contributed by atoms with E-state index < -0.39 is 0 Å². The number of hydrogen-bond donors (Lipinski definition) is 1. The topological polar surface area (TPSA) is 45.8 Å². The van der Waals surface area contributed by atoms with Crippen molar-refractivity contribution >= 4 is 5.78 Å². The van der Waals surface area contributed by atoms with E-state index in [-0.39, 0.29) is 5.78 Å². The van der Waals surface area contributed by atoms with Crippen LogP contribution in [0.1, 0.15) is 48.2 Å². The van der Waals surface area contributed by atoms with Gasteiger partial charge in [-0.15, -0.1) is 0 Å². The van der Waals surface area contributed by atoms with Gasteiger partial charge in [0.1, 0.15) is 0 Å². The summed E-state index contributed by atoms with van der Waals surface area (Å²) < 4.78 is 0. The molecule has 0 atom stereocenters. The van der Waals surface area contributed by atoms with Crippen LogP contribution in [0.2, 0.25) is 0 Å². The normalized spacial score (nSPS) is 17.4. The summed E-state index contributed by atoms with van der Waals surface area (Å²) in [5.74, 6) is 0.678. The van der Waals surface area contributed by atoms with Gasteiger partial charge in [0.15, 0.2) is 5.78 Å². The fraction of sp³-hybridized carbons (Fsp3) is 0.556. The van der Waals surface area contributed by atoms with Crippen LogP contribution in [-0.4, -0.2) is 16.0 Å². The Morgan fingerprint density at radius 3 is 2.92 bits per heavy atom. The smallest absolute Gasteiger partial charge is 0.163 e. The fourth-order valence-electron chi connectivity index (χ4n) is 1.58. The molecule has 0 unspecified atom stereocenters. The lowest BCUT2D eigenvalue weighted by atomic mass is 9.81. The van der Waals surface area contributed by atoms with Crippen molar-refractivity contribution < 1.29 is 4.79 Å². The molecule has 1 heterocycles. The Hall–Kier alpha value is -1.12. The summed E-state index contributed by atoms with van der Waals surface area (Å²) in [5.41, 5.74) is 1.83. The van der Waals surface area contributed by atoms with Gasteiger partial charge in [0.05, 0.1) is 11.8 Å². The van der Waals surface area contributed by atoms with Crippen molar-refractivity contribution in [2.45, 2.75) is 32.1 Å². The number of aromatic nitrogens is 2. The van der Waals surface area contributed by atoms with Crippen LogP contribution >= 0.6 is 0 Å². The molecule has 12 heavy (non-hydrogen) atoms. The molecule has 3 heteroatoms. The SMILES string of the molecule is CC(=O)c1cn[nH]c1C1CCC1. The van der Waals surface area contributed by atoms with Crippen LogP contribution in [0.25, 0.3) is 0 Å². The van der Waals surface area contributed by atoms with Crippen LogP contribution in [-0.2, 0) is 0 Å². The average molecular weight is 164 g/mol. The van der Waals surface area contributed by atoms with Gasteiger partial charge in [0.25, 0.3) is 0 Å². The lowest BCUT2D eigenvalue weighted by Gasteiger charge is -2.24. The van der Waals surface area contributed by atoms with Crippen molar-refractivity contribution in [3.05, 3.63) is 17.5 Å². The number of hydrogen-bond acceptors (Lipinski definition) is 2. The van der Waals surface area contributed by atoms with Gasteiger partial charge in [-0.05, 0) is 19.8 Å². The first-order valence-electron chi connectivity index (χ1n) is 4.33. The first-order chi connectivity index (χ1) is 5.79. The molecular formula is C9H12N2O.